The standard InChI is InChI=1S/C14H17ClN2/c1-9-3-4-11-13(7-9)17(12-8-10(12)2)14(16-11)5-6-15/h3-4,7,10,12H,5-6,8H2,1-2H3. The molecule has 1 heterocycles. The van der Waals surface area contributed by atoms with Gasteiger partial charge in [-0.15, -0.1) is 11.6 Å². The van der Waals surface area contributed by atoms with Crippen LogP contribution in [0.5, 0.6) is 0 Å². The van der Waals surface area contributed by atoms with Crippen molar-refractivity contribution < 1.29 is 0 Å². The molecule has 0 saturated heterocycles. The number of alkyl halides is 1. The van der Waals surface area contributed by atoms with Crippen molar-refractivity contribution in [3.8, 4) is 0 Å². The number of fused-ring (bicyclic) bond motifs is 1. The number of rotatable bonds is 3. The molecule has 0 aliphatic heterocycles. The van der Waals surface area contributed by atoms with Crippen LogP contribution in [0.1, 0.15) is 30.8 Å². The summed E-state index contributed by atoms with van der Waals surface area (Å²) >= 11 is 5.88. The van der Waals surface area contributed by atoms with Crippen molar-refractivity contribution in [2.24, 2.45) is 5.92 Å². The van der Waals surface area contributed by atoms with Gasteiger partial charge in [0.25, 0.3) is 0 Å². The van der Waals surface area contributed by atoms with Crippen LogP contribution in [0.3, 0.4) is 0 Å². The Morgan fingerprint density at radius 3 is 2.88 bits per heavy atom. The molecule has 0 bridgehead atoms. The van der Waals surface area contributed by atoms with Crippen LogP contribution in [0.4, 0.5) is 0 Å². The van der Waals surface area contributed by atoms with Crippen LogP contribution in [0.15, 0.2) is 18.2 Å². The smallest absolute Gasteiger partial charge is 0.111 e. The first-order chi connectivity index (χ1) is 8.20. The second-order valence-electron chi connectivity index (χ2n) is 5.11. The van der Waals surface area contributed by atoms with E-state index in [0.717, 1.165) is 23.7 Å². The van der Waals surface area contributed by atoms with Crippen LogP contribution in [-0.4, -0.2) is 15.4 Å². The molecule has 1 aromatic heterocycles. The maximum absolute atomic E-state index is 5.88. The van der Waals surface area contributed by atoms with E-state index in [0.29, 0.717) is 11.9 Å². The van der Waals surface area contributed by atoms with Gasteiger partial charge in [-0.25, -0.2) is 4.98 Å². The van der Waals surface area contributed by atoms with Crippen molar-refractivity contribution >= 4 is 22.6 Å². The predicted molar refractivity (Wildman–Crippen MR) is 71.7 cm³/mol. The van der Waals surface area contributed by atoms with Crippen molar-refractivity contribution in [2.45, 2.75) is 32.7 Å². The van der Waals surface area contributed by atoms with Gasteiger partial charge < -0.3 is 4.57 Å². The first-order valence-corrected chi connectivity index (χ1v) is 6.77. The highest BCUT2D eigenvalue weighted by Crippen LogP contribution is 2.45. The Bertz CT molecular complexity index is 559. The molecule has 3 rings (SSSR count). The van der Waals surface area contributed by atoms with Crippen LogP contribution in [0.2, 0.25) is 0 Å². The highest BCUT2D eigenvalue weighted by Gasteiger charge is 2.36. The molecule has 90 valence electrons. The minimum Gasteiger partial charge on any atom is -0.325 e. The summed E-state index contributed by atoms with van der Waals surface area (Å²) in [6.07, 6.45) is 2.13. The Morgan fingerprint density at radius 1 is 1.47 bits per heavy atom. The Morgan fingerprint density at radius 2 is 2.24 bits per heavy atom. The summed E-state index contributed by atoms with van der Waals surface area (Å²) in [5, 5.41) is 0. The van der Waals surface area contributed by atoms with E-state index in [4.69, 9.17) is 16.6 Å². The largest absolute Gasteiger partial charge is 0.325 e. The molecule has 3 heteroatoms. The minimum absolute atomic E-state index is 0.639. The molecule has 2 atom stereocenters. The van der Waals surface area contributed by atoms with Gasteiger partial charge in [0.05, 0.1) is 11.0 Å². The summed E-state index contributed by atoms with van der Waals surface area (Å²) in [6, 6.07) is 7.12. The zero-order valence-corrected chi connectivity index (χ0v) is 11.0. The van der Waals surface area contributed by atoms with Gasteiger partial charge in [-0.3, -0.25) is 0 Å². The monoisotopic (exact) mass is 248 g/mol. The average molecular weight is 249 g/mol. The Labute approximate surface area is 107 Å². The van der Waals surface area contributed by atoms with Gasteiger partial charge in [-0.05, 0) is 37.0 Å². The van der Waals surface area contributed by atoms with Gasteiger partial charge >= 0.3 is 0 Å². The number of benzene rings is 1. The number of hydrogen-bond acceptors (Lipinski definition) is 1. The first kappa shape index (κ1) is 11.1. The summed E-state index contributed by atoms with van der Waals surface area (Å²) in [5.41, 5.74) is 3.68. The highest BCUT2D eigenvalue weighted by molar-refractivity contribution is 6.17. The van der Waals surface area contributed by atoms with E-state index in [-0.39, 0.29) is 0 Å². The molecule has 1 aliphatic carbocycles. The lowest BCUT2D eigenvalue weighted by atomic mass is 10.2. The molecular formula is C14H17ClN2. The van der Waals surface area contributed by atoms with Crippen LogP contribution < -0.4 is 0 Å². The summed E-state index contributed by atoms with van der Waals surface area (Å²) < 4.78 is 2.41. The topological polar surface area (TPSA) is 17.8 Å². The van der Waals surface area contributed by atoms with E-state index in [1.807, 2.05) is 0 Å². The third-order valence-corrected chi connectivity index (χ3v) is 3.82. The van der Waals surface area contributed by atoms with Crippen LogP contribution >= 0.6 is 11.6 Å². The molecule has 0 radical (unpaired) electrons. The van der Waals surface area contributed by atoms with E-state index >= 15 is 0 Å². The second-order valence-corrected chi connectivity index (χ2v) is 5.49. The number of aromatic nitrogens is 2. The zero-order valence-electron chi connectivity index (χ0n) is 10.3. The molecule has 0 spiro atoms. The highest BCUT2D eigenvalue weighted by atomic mass is 35.5. The second kappa shape index (κ2) is 4.02. The lowest BCUT2D eigenvalue weighted by Crippen LogP contribution is -2.03. The lowest BCUT2D eigenvalue weighted by Gasteiger charge is -2.07. The summed E-state index contributed by atoms with van der Waals surface area (Å²) in [6.45, 7) is 4.44. The summed E-state index contributed by atoms with van der Waals surface area (Å²) in [5.74, 6) is 2.57. The van der Waals surface area contributed by atoms with E-state index in [1.165, 1.54) is 17.5 Å². The molecule has 0 amide bonds. The predicted octanol–water partition coefficient (Wildman–Crippen LogP) is 3.71. The average Bonchev–Trinajstić information content (AvgIpc) is 2.89. The normalized spacial score (nSPS) is 23.2. The van der Waals surface area contributed by atoms with Crippen molar-refractivity contribution in [1.29, 1.82) is 0 Å². The molecular weight excluding hydrogens is 232 g/mol. The molecule has 1 aromatic carbocycles. The first-order valence-electron chi connectivity index (χ1n) is 6.24. The fourth-order valence-corrected chi connectivity index (χ4v) is 2.72. The van der Waals surface area contributed by atoms with E-state index in [9.17, 15) is 0 Å². The lowest BCUT2D eigenvalue weighted by molar-refractivity contribution is 0.665. The van der Waals surface area contributed by atoms with Crippen LogP contribution in [-0.2, 0) is 6.42 Å². The van der Waals surface area contributed by atoms with Gasteiger partial charge in [0.1, 0.15) is 5.82 Å². The van der Waals surface area contributed by atoms with Gasteiger partial charge in [0.15, 0.2) is 0 Å². The molecule has 1 aliphatic rings. The van der Waals surface area contributed by atoms with Crippen LogP contribution in [0.25, 0.3) is 11.0 Å². The number of nitrogens with zero attached hydrogens (tertiary/aromatic N) is 2. The molecule has 1 saturated carbocycles. The van der Waals surface area contributed by atoms with Gasteiger partial charge in [-0.2, -0.15) is 0 Å². The number of aryl methyl sites for hydroxylation is 2. The number of hydrogen-bond donors (Lipinski definition) is 0. The fraction of sp³-hybridized carbons (Fsp3) is 0.500. The summed E-state index contributed by atoms with van der Waals surface area (Å²) in [4.78, 5) is 4.72. The molecule has 0 N–H and O–H groups in total. The molecule has 2 aromatic rings. The summed E-state index contributed by atoms with van der Waals surface area (Å²) in [7, 11) is 0. The van der Waals surface area contributed by atoms with Gasteiger partial charge in [0.2, 0.25) is 0 Å². The van der Waals surface area contributed by atoms with Gasteiger partial charge in [-0.1, -0.05) is 13.0 Å². The zero-order chi connectivity index (χ0) is 12.0. The van der Waals surface area contributed by atoms with Crippen molar-refractivity contribution in [2.75, 3.05) is 5.88 Å². The van der Waals surface area contributed by atoms with Crippen molar-refractivity contribution in [3.05, 3.63) is 29.6 Å². The molecule has 17 heavy (non-hydrogen) atoms. The number of imidazole rings is 1. The van der Waals surface area contributed by atoms with Crippen LogP contribution in [0, 0.1) is 12.8 Å². The number of halogens is 1. The van der Waals surface area contributed by atoms with E-state index in [1.54, 1.807) is 0 Å². The third kappa shape index (κ3) is 1.85. The Balaban J connectivity index is 2.18. The molecule has 2 nitrogen and oxygen atoms in total. The Hall–Kier alpha value is -1.02. The van der Waals surface area contributed by atoms with Crippen molar-refractivity contribution in [3.63, 3.8) is 0 Å². The maximum atomic E-state index is 5.88. The Kier molecular flexibility index (Phi) is 2.62. The molecule has 2 unspecified atom stereocenters. The maximum Gasteiger partial charge on any atom is 0.111 e. The van der Waals surface area contributed by atoms with E-state index in [2.05, 4.69) is 36.6 Å². The quantitative estimate of drug-likeness (QED) is 0.758. The van der Waals surface area contributed by atoms with Gasteiger partial charge in [0, 0.05) is 18.3 Å². The van der Waals surface area contributed by atoms with Crippen molar-refractivity contribution in [1.82, 2.24) is 9.55 Å². The SMILES string of the molecule is Cc1ccc2nc(CCCl)n(C3CC3C)c2c1. The molecule has 1 fully saturated rings. The minimum atomic E-state index is 0.639. The fourth-order valence-electron chi connectivity index (χ4n) is 2.55. The van der Waals surface area contributed by atoms with E-state index < -0.39 is 0 Å². The third-order valence-electron chi connectivity index (χ3n) is 3.63.